The van der Waals surface area contributed by atoms with E-state index in [1.807, 2.05) is 50.2 Å². The van der Waals surface area contributed by atoms with Crippen LogP contribution >= 0.6 is 0 Å². The summed E-state index contributed by atoms with van der Waals surface area (Å²) in [4.78, 5) is 0. The van der Waals surface area contributed by atoms with Gasteiger partial charge in [0.25, 0.3) is 0 Å². The highest BCUT2D eigenvalue weighted by Crippen LogP contribution is 2.12. The summed E-state index contributed by atoms with van der Waals surface area (Å²) in [6, 6.07) is 15.3. The molecule has 86 valence electrons. The lowest BCUT2D eigenvalue weighted by Gasteiger charge is -2.04. The van der Waals surface area contributed by atoms with Crippen molar-refractivity contribution in [1.82, 2.24) is 0 Å². The number of aryl methyl sites for hydroxylation is 2. The van der Waals surface area contributed by atoms with Crippen LogP contribution in [0, 0.1) is 19.1 Å². The Bertz CT molecular complexity index is 544. The molecule has 0 aliphatic rings. The Labute approximate surface area is 101 Å². The third-order valence-electron chi connectivity index (χ3n) is 2.70. The van der Waals surface area contributed by atoms with Crippen molar-refractivity contribution in [2.24, 2.45) is 0 Å². The van der Waals surface area contributed by atoms with Crippen molar-refractivity contribution in [2.45, 2.75) is 13.8 Å². The van der Waals surface area contributed by atoms with Crippen LogP contribution in [0.3, 0.4) is 0 Å². The monoisotopic (exact) mass is 225 g/mol. The Morgan fingerprint density at radius 1 is 1.00 bits per heavy atom. The average molecular weight is 225 g/mol. The Kier molecular flexibility index (Phi) is 3.24. The van der Waals surface area contributed by atoms with Crippen molar-refractivity contribution in [1.29, 1.82) is 0 Å². The molecule has 0 spiro atoms. The van der Waals surface area contributed by atoms with Gasteiger partial charge in [-0.3, -0.25) is 0 Å². The third kappa shape index (κ3) is 2.72. The smallest absolute Gasteiger partial charge is 0.216 e. The quantitative estimate of drug-likeness (QED) is 0.332. The van der Waals surface area contributed by atoms with Gasteiger partial charge in [-0.1, -0.05) is 35.9 Å². The number of nitrogens with zero attached hydrogens (tertiary/aromatic N) is 1. The summed E-state index contributed by atoms with van der Waals surface area (Å²) in [5.74, 6) is 0. The molecule has 2 rings (SSSR count). The Hall–Kier alpha value is -2.09. The minimum atomic E-state index is 0.647. The van der Waals surface area contributed by atoms with E-state index in [0.717, 1.165) is 21.4 Å². The van der Waals surface area contributed by atoms with Crippen LogP contribution in [0.15, 0.2) is 48.5 Å². The van der Waals surface area contributed by atoms with Gasteiger partial charge in [0.2, 0.25) is 5.69 Å². The molecule has 17 heavy (non-hydrogen) atoms. The third-order valence-corrected chi connectivity index (χ3v) is 2.70. The first-order valence-corrected chi connectivity index (χ1v) is 5.60. The summed E-state index contributed by atoms with van der Waals surface area (Å²) >= 11 is 0. The lowest BCUT2D eigenvalue weighted by atomic mass is 10.1. The second-order valence-electron chi connectivity index (χ2n) is 4.15. The molecule has 0 atom stereocenters. The van der Waals surface area contributed by atoms with Crippen LogP contribution in [0.2, 0.25) is 0 Å². The zero-order valence-electron chi connectivity index (χ0n) is 10.1. The standard InChI is InChI=1S/C15H15NO/c1-12-8-9-13(2)14(10-12)11-16(17)15-6-4-3-5-7-15/h3-11H,1-2H3/b16-11-. The molecule has 0 saturated heterocycles. The van der Waals surface area contributed by atoms with Crippen molar-refractivity contribution in [3.05, 3.63) is 70.4 Å². The van der Waals surface area contributed by atoms with Gasteiger partial charge < -0.3 is 5.21 Å². The van der Waals surface area contributed by atoms with Crippen molar-refractivity contribution in [3.63, 3.8) is 0 Å². The fourth-order valence-electron chi connectivity index (χ4n) is 1.67. The number of rotatable bonds is 2. The molecule has 0 radical (unpaired) electrons. The molecule has 2 aromatic carbocycles. The van der Waals surface area contributed by atoms with Crippen LogP contribution in [-0.4, -0.2) is 11.0 Å². The molecule has 0 unspecified atom stereocenters. The van der Waals surface area contributed by atoms with Gasteiger partial charge in [-0.15, -0.1) is 0 Å². The maximum Gasteiger partial charge on any atom is 0.216 e. The second kappa shape index (κ2) is 4.83. The minimum Gasteiger partial charge on any atom is -0.618 e. The van der Waals surface area contributed by atoms with E-state index in [-0.39, 0.29) is 0 Å². The zero-order chi connectivity index (χ0) is 12.3. The summed E-state index contributed by atoms with van der Waals surface area (Å²) in [6.45, 7) is 4.03. The van der Waals surface area contributed by atoms with Crippen LogP contribution in [0.25, 0.3) is 0 Å². The number of para-hydroxylation sites is 1. The molecule has 0 amide bonds. The van der Waals surface area contributed by atoms with Gasteiger partial charge in [0.05, 0.1) is 0 Å². The lowest BCUT2D eigenvalue weighted by molar-refractivity contribution is -0.354. The lowest BCUT2D eigenvalue weighted by Crippen LogP contribution is -2.00. The molecular formula is C15H15NO. The predicted octanol–water partition coefficient (Wildman–Crippen LogP) is 3.56. The highest BCUT2D eigenvalue weighted by molar-refractivity contribution is 5.79. The first-order chi connectivity index (χ1) is 8.16. The van der Waals surface area contributed by atoms with Gasteiger partial charge >= 0.3 is 0 Å². The number of hydrogen-bond donors (Lipinski definition) is 0. The molecule has 0 saturated carbocycles. The van der Waals surface area contributed by atoms with E-state index in [4.69, 9.17) is 0 Å². The van der Waals surface area contributed by atoms with Crippen LogP contribution < -0.4 is 0 Å². The summed E-state index contributed by atoms with van der Waals surface area (Å²) in [5, 5.41) is 11.9. The van der Waals surface area contributed by atoms with Gasteiger partial charge in [0.1, 0.15) is 0 Å². The molecular weight excluding hydrogens is 210 g/mol. The Morgan fingerprint density at radius 3 is 2.41 bits per heavy atom. The SMILES string of the molecule is Cc1ccc(C)c(/C=[N+](\[O-])c2ccccc2)c1. The fraction of sp³-hybridized carbons (Fsp3) is 0.133. The molecule has 0 heterocycles. The highest BCUT2D eigenvalue weighted by Gasteiger charge is 2.03. The average Bonchev–Trinajstić information content (AvgIpc) is 2.35. The topological polar surface area (TPSA) is 26.1 Å². The molecule has 0 aromatic heterocycles. The largest absolute Gasteiger partial charge is 0.618 e. The van der Waals surface area contributed by atoms with Crippen molar-refractivity contribution >= 4 is 11.9 Å². The normalized spacial score (nSPS) is 11.5. The highest BCUT2D eigenvalue weighted by atomic mass is 16.5. The number of hydrogen-bond acceptors (Lipinski definition) is 1. The molecule has 0 aliphatic carbocycles. The van der Waals surface area contributed by atoms with E-state index < -0.39 is 0 Å². The van der Waals surface area contributed by atoms with E-state index >= 15 is 0 Å². The minimum absolute atomic E-state index is 0.647. The van der Waals surface area contributed by atoms with Gasteiger partial charge in [0, 0.05) is 17.7 Å². The summed E-state index contributed by atoms with van der Waals surface area (Å²) in [7, 11) is 0. The van der Waals surface area contributed by atoms with E-state index in [0.29, 0.717) is 5.69 Å². The summed E-state index contributed by atoms with van der Waals surface area (Å²) in [5.41, 5.74) is 3.87. The van der Waals surface area contributed by atoms with E-state index in [1.54, 1.807) is 18.3 Å². The van der Waals surface area contributed by atoms with E-state index in [2.05, 4.69) is 0 Å². The summed E-state index contributed by atoms with van der Waals surface area (Å²) in [6.07, 6.45) is 1.62. The van der Waals surface area contributed by atoms with Crippen molar-refractivity contribution in [3.8, 4) is 0 Å². The molecule has 2 nitrogen and oxygen atoms in total. The number of benzene rings is 2. The van der Waals surface area contributed by atoms with Gasteiger partial charge in [-0.05, 0) is 25.5 Å². The second-order valence-corrected chi connectivity index (χ2v) is 4.15. The van der Waals surface area contributed by atoms with Crippen LogP contribution in [0.4, 0.5) is 5.69 Å². The van der Waals surface area contributed by atoms with Crippen molar-refractivity contribution in [2.75, 3.05) is 0 Å². The molecule has 0 N–H and O–H groups in total. The first-order valence-electron chi connectivity index (χ1n) is 5.60. The Morgan fingerprint density at radius 2 is 1.71 bits per heavy atom. The Balaban J connectivity index is 2.39. The fourth-order valence-corrected chi connectivity index (χ4v) is 1.67. The maximum atomic E-state index is 11.9. The van der Waals surface area contributed by atoms with Gasteiger partial charge in [0.15, 0.2) is 6.21 Å². The van der Waals surface area contributed by atoms with Gasteiger partial charge in [-0.2, -0.15) is 4.74 Å². The van der Waals surface area contributed by atoms with E-state index in [9.17, 15) is 5.21 Å². The molecule has 2 aromatic rings. The van der Waals surface area contributed by atoms with Crippen LogP contribution in [0.5, 0.6) is 0 Å². The van der Waals surface area contributed by atoms with Crippen LogP contribution in [-0.2, 0) is 0 Å². The van der Waals surface area contributed by atoms with Crippen LogP contribution in [0.1, 0.15) is 16.7 Å². The predicted molar refractivity (Wildman–Crippen MR) is 70.8 cm³/mol. The van der Waals surface area contributed by atoms with Gasteiger partial charge in [-0.25, -0.2) is 0 Å². The molecule has 0 fully saturated rings. The first kappa shape index (κ1) is 11.4. The van der Waals surface area contributed by atoms with E-state index in [1.165, 1.54) is 0 Å². The van der Waals surface area contributed by atoms with Crippen molar-refractivity contribution < 1.29 is 4.74 Å². The molecule has 0 bridgehead atoms. The zero-order valence-corrected chi connectivity index (χ0v) is 10.1. The molecule has 2 heteroatoms. The summed E-state index contributed by atoms with van der Waals surface area (Å²) < 4.78 is 0.905. The maximum absolute atomic E-state index is 11.9. The molecule has 0 aliphatic heterocycles.